The molecule has 0 saturated carbocycles. The van der Waals surface area contributed by atoms with Gasteiger partial charge in [-0.05, 0) is 19.9 Å². The van der Waals surface area contributed by atoms with E-state index in [1.165, 1.54) is 0 Å². The molecule has 7 nitrogen and oxygen atoms in total. The summed E-state index contributed by atoms with van der Waals surface area (Å²) >= 11 is 0. The molecule has 8 heteroatoms. The van der Waals surface area contributed by atoms with Crippen molar-refractivity contribution < 1.29 is 18.9 Å². The second-order valence-electron chi connectivity index (χ2n) is 4.41. The first-order valence-corrected chi connectivity index (χ1v) is 5.77. The van der Waals surface area contributed by atoms with Crippen LogP contribution in [0.3, 0.4) is 0 Å². The van der Waals surface area contributed by atoms with E-state index in [-0.39, 0.29) is 0 Å². The molecule has 108 valence electrons. The van der Waals surface area contributed by atoms with Gasteiger partial charge >= 0.3 is 0 Å². The lowest BCUT2D eigenvalue weighted by Gasteiger charge is -2.25. The molecule has 0 aliphatic heterocycles. The third kappa shape index (κ3) is 3.50. The standard InChI is InChI=1S/C12H14FN3O4/c1-7(2)15(6-11(14)17)12(18)9-5-8(16(19)20)3-4-10(9)13/h3-5,7H,6H2,1-2H3,(H2,14,17). The first kappa shape index (κ1) is 15.5. The van der Waals surface area contributed by atoms with E-state index in [1.807, 2.05) is 0 Å². The monoisotopic (exact) mass is 283 g/mol. The van der Waals surface area contributed by atoms with Crippen LogP contribution in [0, 0.1) is 15.9 Å². The second kappa shape index (κ2) is 6.09. The van der Waals surface area contributed by atoms with E-state index in [0.29, 0.717) is 0 Å². The Hall–Kier alpha value is -2.51. The van der Waals surface area contributed by atoms with Gasteiger partial charge in [-0.15, -0.1) is 0 Å². The van der Waals surface area contributed by atoms with Gasteiger partial charge in [0.25, 0.3) is 11.6 Å². The number of rotatable bonds is 5. The summed E-state index contributed by atoms with van der Waals surface area (Å²) in [4.78, 5) is 34.1. The number of amides is 2. The smallest absolute Gasteiger partial charge is 0.270 e. The van der Waals surface area contributed by atoms with Gasteiger partial charge in [0.2, 0.25) is 5.91 Å². The Labute approximate surface area is 114 Å². The number of halogens is 1. The van der Waals surface area contributed by atoms with Gasteiger partial charge in [0, 0.05) is 18.2 Å². The molecule has 0 aromatic heterocycles. The van der Waals surface area contributed by atoms with E-state index in [0.717, 1.165) is 23.1 Å². The number of carbonyl (C=O) groups is 2. The third-order valence-electron chi connectivity index (χ3n) is 2.60. The zero-order valence-electron chi connectivity index (χ0n) is 11.0. The number of hydrogen-bond acceptors (Lipinski definition) is 4. The average molecular weight is 283 g/mol. The minimum absolute atomic E-state index is 0.390. The summed E-state index contributed by atoms with van der Waals surface area (Å²) in [7, 11) is 0. The van der Waals surface area contributed by atoms with E-state index >= 15 is 0 Å². The summed E-state index contributed by atoms with van der Waals surface area (Å²) in [5, 5.41) is 10.7. The van der Waals surface area contributed by atoms with Gasteiger partial charge in [-0.2, -0.15) is 0 Å². The molecule has 0 atom stereocenters. The van der Waals surface area contributed by atoms with Crippen LogP contribution in [-0.2, 0) is 4.79 Å². The number of primary amides is 1. The number of hydrogen-bond donors (Lipinski definition) is 1. The van der Waals surface area contributed by atoms with Crippen LogP contribution in [0.4, 0.5) is 10.1 Å². The Kier molecular flexibility index (Phi) is 4.73. The number of nitro groups is 1. The van der Waals surface area contributed by atoms with E-state index in [4.69, 9.17) is 5.73 Å². The molecular weight excluding hydrogens is 269 g/mol. The Balaban J connectivity index is 3.20. The number of nitro benzene ring substituents is 1. The molecule has 0 spiro atoms. The van der Waals surface area contributed by atoms with Crippen molar-refractivity contribution in [3.8, 4) is 0 Å². The summed E-state index contributed by atoms with van der Waals surface area (Å²) in [6.45, 7) is 2.85. The minimum Gasteiger partial charge on any atom is -0.368 e. The molecule has 2 N–H and O–H groups in total. The molecule has 0 unspecified atom stereocenters. The largest absolute Gasteiger partial charge is 0.368 e. The molecule has 0 bridgehead atoms. The lowest BCUT2D eigenvalue weighted by atomic mass is 10.1. The number of benzene rings is 1. The summed E-state index contributed by atoms with van der Waals surface area (Å²) in [6.07, 6.45) is 0. The normalized spacial score (nSPS) is 10.4. The molecule has 0 saturated heterocycles. The average Bonchev–Trinajstić information content (AvgIpc) is 2.34. The van der Waals surface area contributed by atoms with Gasteiger partial charge in [0.15, 0.2) is 0 Å². The van der Waals surface area contributed by atoms with Crippen molar-refractivity contribution in [2.24, 2.45) is 5.73 Å². The molecule has 0 aliphatic carbocycles. The lowest BCUT2D eigenvalue weighted by Crippen LogP contribution is -2.43. The van der Waals surface area contributed by atoms with Crippen molar-refractivity contribution >= 4 is 17.5 Å². The molecule has 0 radical (unpaired) electrons. The predicted octanol–water partition coefficient (Wildman–Crippen LogP) is 1.07. The molecule has 0 aliphatic rings. The zero-order valence-corrected chi connectivity index (χ0v) is 11.0. The maximum atomic E-state index is 13.7. The number of nitrogens with zero attached hydrogens (tertiary/aromatic N) is 2. The highest BCUT2D eigenvalue weighted by molar-refractivity contribution is 5.97. The molecule has 1 aromatic rings. The van der Waals surface area contributed by atoms with Crippen molar-refractivity contribution in [3.05, 3.63) is 39.7 Å². The van der Waals surface area contributed by atoms with Crippen LogP contribution in [-0.4, -0.2) is 34.2 Å². The molecule has 1 rings (SSSR count). The van der Waals surface area contributed by atoms with Crippen molar-refractivity contribution in [3.63, 3.8) is 0 Å². The van der Waals surface area contributed by atoms with E-state index in [1.54, 1.807) is 13.8 Å². The van der Waals surface area contributed by atoms with Gasteiger partial charge < -0.3 is 10.6 Å². The Morgan fingerprint density at radius 1 is 1.45 bits per heavy atom. The molecular formula is C12H14FN3O4. The van der Waals surface area contributed by atoms with E-state index < -0.39 is 46.4 Å². The van der Waals surface area contributed by atoms with Crippen LogP contribution in [0.15, 0.2) is 18.2 Å². The first-order chi connectivity index (χ1) is 9.23. The van der Waals surface area contributed by atoms with Gasteiger partial charge in [-0.3, -0.25) is 19.7 Å². The third-order valence-corrected chi connectivity index (χ3v) is 2.60. The van der Waals surface area contributed by atoms with Crippen molar-refractivity contribution in [1.82, 2.24) is 4.90 Å². The minimum atomic E-state index is -0.893. The fraction of sp³-hybridized carbons (Fsp3) is 0.333. The maximum Gasteiger partial charge on any atom is 0.270 e. The molecule has 2 amide bonds. The van der Waals surface area contributed by atoms with Crippen LogP contribution < -0.4 is 5.73 Å². The highest BCUT2D eigenvalue weighted by atomic mass is 19.1. The van der Waals surface area contributed by atoms with Gasteiger partial charge in [0.05, 0.1) is 17.0 Å². The van der Waals surface area contributed by atoms with Crippen LogP contribution in [0.2, 0.25) is 0 Å². The summed E-state index contributed by atoms with van der Waals surface area (Å²) in [5.74, 6) is -2.46. The van der Waals surface area contributed by atoms with Gasteiger partial charge in [-0.1, -0.05) is 0 Å². The van der Waals surface area contributed by atoms with Crippen molar-refractivity contribution in [2.75, 3.05) is 6.54 Å². The molecule has 0 heterocycles. The highest BCUT2D eigenvalue weighted by Gasteiger charge is 2.25. The number of nitrogens with two attached hydrogens (primary N) is 1. The number of carbonyl (C=O) groups excluding carboxylic acids is 2. The van der Waals surface area contributed by atoms with Gasteiger partial charge in [0.1, 0.15) is 5.82 Å². The quantitative estimate of drug-likeness (QED) is 0.644. The molecule has 0 fully saturated rings. The fourth-order valence-corrected chi connectivity index (χ4v) is 1.60. The fourth-order valence-electron chi connectivity index (χ4n) is 1.60. The lowest BCUT2D eigenvalue weighted by molar-refractivity contribution is -0.384. The number of non-ortho nitro benzene ring substituents is 1. The van der Waals surface area contributed by atoms with E-state index in [9.17, 15) is 24.1 Å². The summed E-state index contributed by atoms with van der Waals surface area (Å²) in [5.41, 5.74) is 4.16. The SMILES string of the molecule is CC(C)N(CC(N)=O)C(=O)c1cc([N+](=O)[O-])ccc1F. The molecule has 20 heavy (non-hydrogen) atoms. The zero-order chi connectivity index (χ0) is 15.4. The van der Waals surface area contributed by atoms with Crippen molar-refractivity contribution in [2.45, 2.75) is 19.9 Å². The van der Waals surface area contributed by atoms with Gasteiger partial charge in [-0.25, -0.2) is 4.39 Å². The highest BCUT2D eigenvalue weighted by Crippen LogP contribution is 2.19. The Bertz CT molecular complexity index is 560. The van der Waals surface area contributed by atoms with Crippen LogP contribution >= 0.6 is 0 Å². The van der Waals surface area contributed by atoms with Crippen LogP contribution in [0.1, 0.15) is 24.2 Å². The Morgan fingerprint density at radius 3 is 2.50 bits per heavy atom. The molecule has 1 aromatic carbocycles. The topological polar surface area (TPSA) is 107 Å². The summed E-state index contributed by atoms with van der Waals surface area (Å²) < 4.78 is 13.7. The van der Waals surface area contributed by atoms with Crippen LogP contribution in [0.25, 0.3) is 0 Å². The maximum absolute atomic E-state index is 13.7. The first-order valence-electron chi connectivity index (χ1n) is 5.77. The predicted molar refractivity (Wildman–Crippen MR) is 68.4 cm³/mol. The Morgan fingerprint density at radius 2 is 2.05 bits per heavy atom. The second-order valence-corrected chi connectivity index (χ2v) is 4.41. The van der Waals surface area contributed by atoms with Crippen LogP contribution in [0.5, 0.6) is 0 Å². The summed E-state index contributed by atoms with van der Waals surface area (Å²) in [6, 6.07) is 2.23. The van der Waals surface area contributed by atoms with Crippen molar-refractivity contribution in [1.29, 1.82) is 0 Å². The van der Waals surface area contributed by atoms with E-state index in [2.05, 4.69) is 0 Å².